The predicted molar refractivity (Wildman–Crippen MR) is 67.5 cm³/mol. The van der Waals surface area contributed by atoms with Crippen LogP contribution in [0.25, 0.3) is 0 Å². The summed E-state index contributed by atoms with van der Waals surface area (Å²) < 4.78 is 0. The minimum Gasteiger partial charge on any atom is -0.314 e. The zero-order chi connectivity index (χ0) is 12.1. The van der Waals surface area contributed by atoms with Crippen molar-refractivity contribution in [3.63, 3.8) is 0 Å². The fraction of sp³-hybridized carbons (Fsp3) is 0.692. The second kappa shape index (κ2) is 5.94. The van der Waals surface area contributed by atoms with E-state index < -0.39 is 0 Å². The lowest BCUT2D eigenvalue weighted by atomic mass is 9.86. The van der Waals surface area contributed by atoms with Crippen LogP contribution >= 0.6 is 0 Å². The van der Waals surface area contributed by atoms with Gasteiger partial charge in [-0.1, -0.05) is 20.8 Å². The summed E-state index contributed by atoms with van der Waals surface area (Å²) in [6, 6.07) is 4.57. The van der Waals surface area contributed by atoms with Gasteiger partial charge < -0.3 is 5.32 Å². The van der Waals surface area contributed by atoms with Crippen molar-refractivity contribution >= 4 is 0 Å². The van der Waals surface area contributed by atoms with Crippen LogP contribution in [0.1, 0.15) is 45.0 Å². The highest BCUT2D eigenvalue weighted by molar-refractivity contribution is 5.13. The van der Waals surface area contributed by atoms with Crippen LogP contribution in [0, 0.1) is 12.8 Å². The molecule has 0 saturated carbocycles. The lowest BCUT2D eigenvalue weighted by Gasteiger charge is -2.27. The van der Waals surface area contributed by atoms with E-state index in [1.807, 2.05) is 13.0 Å². The summed E-state index contributed by atoms with van der Waals surface area (Å²) in [6.45, 7) is 11.8. The van der Waals surface area contributed by atoms with Crippen LogP contribution in [-0.2, 0) is 0 Å². The van der Waals surface area contributed by atoms with Crippen LogP contribution in [0.15, 0.2) is 12.1 Å². The maximum Gasteiger partial charge on any atom is 0.0680 e. The number of aryl methyl sites for hydroxylation is 1. The summed E-state index contributed by atoms with van der Waals surface area (Å²) in [4.78, 5) is 0. The van der Waals surface area contributed by atoms with E-state index in [0.29, 0.717) is 17.9 Å². The number of aromatic nitrogens is 2. The number of rotatable bonds is 5. The third-order valence-electron chi connectivity index (χ3n) is 2.94. The third kappa shape index (κ3) is 3.27. The van der Waals surface area contributed by atoms with Crippen LogP contribution in [0.5, 0.6) is 0 Å². The number of likely N-dealkylation sites (N-methyl/N-ethyl adjacent to an activating group) is 1. The molecule has 0 radical (unpaired) electrons. The Morgan fingerprint density at radius 3 is 2.31 bits per heavy atom. The first-order valence-corrected chi connectivity index (χ1v) is 6.09. The first-order valence-electron chi connectivity index (χ1n) is 6.09. The van der Waals surface area contributed by atoms with Crippen LogP contribution in [0.4, 0.5) is 0 Å². The Hall–Kier alpha value is -0.960. The molecule has 0 fully saturated rings. The quantitative estimate of drug-likeness (QED) is 0.830. The molecule has 2 atom stereocenters. The van der Waals surface area contributed by atoms with E-state index in [-0.39, 0.29) is 0 Å². The van der Waals surface area contributed by atoms with E-state index in [0.717, 1.165) is 17.9 Å². The Kier molecular flexibility index (Phi) is 4.87. The summed E-state index contributed by atoms with van der Waals surface area (Å²) in [5.41, 5.74) is 2.07. The molecule has 0 amide bonds. The van der Waals surface area contributed by atoms with Crippen molar-refractivity contribution in [3.8, 4) is 0 Å². The summed E-state index contributed by atoms with van der Waals surface area (Å²) in [7, 11) is 0. The highest BCUT2D eigenvalue weighted by Gasteiger charge is 2.23. The van der Waals surface area contributed by atoms with Crippen molar-refractivity contribution in [2.75, 3.05) is 6.54 Å². The number of hydrogen-bond donors (Lipinski definition) is 1. The molecule has 0 aromatic carbocycles. The summed E-state index contributed by atoms with van der Waals surface area (Å²) in [5, 5.41) is 11.9. The number of nitrogens with zero attached hydrogens (tertiary/aromatic N) is 2. The van der Waals surface area contributed by atoms with Crippen LogP contribution in [0.2, 0.25) is 0 Å². The molecule has 0 spiro atoms. The van der Waals surface area contributed by atoms with Crippen LogP contribution in [-0.4, -0.2) is 22.8 Å². The molecule has 0 aliphatic rings. The molecule has 1 aromatic heterocycles. The Morgan fingerprint density at radius 1 is 1.19 bits per heavy atom. The standard InChI is InChI=1S/C13H23N3/c1-6-14-11(5)13(9(2)3)12-8-7-10(4)15-16-12/h7-9,11,13-14H,6H2,1-5H3. The zero-order valence-corrected chi connectivity index (χ0v) is 11.0. The second-order valence-corrected chi connectivity index (χ2v) is 4.72. The molecule has 1 heterocycles. The summed E-state index contributed by atoms with van der Waals surface area (Å²) in [6.07, 6.45) is 0. The number of nitrogens with one attached hydrogen (secondary N) is 1. The first kappa shape index (κ1) is 13.1. The van der Waals surface area contributed by atoms with Gasteiger partial charge in [-0.15, -0.1) is 0 Å². The molecular weight excluding hydrogens is 198 g/mol. The van der Waals surface area contributed by atoms with Crippen molar-refractivity contribution in [1.29, 1.82) is 0 Å². The van der Waals surface area contributed by atoms with Crippen molar-refractivity contribution in [2.24, 2.45) is 5.92 Å². The van der Waals surface area contributed by atoms with E-state index in [1.54, 1.807) is 0 Å². The van der Waals surface area contributed by atoms with E-state index in [1.165, 1.54) is 0 Å². The molecule has 1 aromatic rings. The van der Waals surface area contributed by atoms with Gasteiger partial charge in [0, 0.05) is 12.0 Å². The maximum atomic E-state index is 4.31. The molecule has 1 N–H and O–H groups in total. The molecule has 2 unspecified atom stereocenters. The largest absolute Gasteiger partial charge is 0.314 e. The van der Waals surface area contributed by atoms with Gasteiger partial charge in [-0.2, -0.15) is 10.2 Å². The predicted octanol–water partition coefficient (Wildman–Crippen LogP) is 2.52. The van der Waals surface area contributed by atoms with Gasteiger partial charge in [0.15, 0.2) is 0 Å². The molecule has 16 heavy (non-hydrogen) atoms. The number of hydrogen-bond acceptors (Lipinski definition) is 3. The van der Waals surface area contributed by atoms with E-state index in [9.17, 15) is 0 Å². The normalized spacial score (nSPS) is 15.1. The minimum absolute atomic E-state index is 0.424. The Labute approximate surface area is 98.7 Å². The fourth-order valence-electron chi connectivity index (χ4n) is 2.21. The molecule has 90 valence electrons. The van der Waals surface area contributed by atoms with Crippen LogP contribution in [0.3, 0.4) is 0 Å². The maximum absolute atomic E-state index is 4.31. The highest BCUT2D eigenvalue weighted by atomic mass is 15.1. The first-order chi connectivity index (χ1) is 7.56. The Morgan fingerprint density at radius 2 is 1.88 bits per heavy atom. The minimum atomic E-state index is 0.424. The van der Waals surface area contributed by atoms with Gasteiger partial charge in [0.05, 0.1) is 11.4 Å². The molecule has 0 saturated heterocycles. The van der Waals surface area contributed by atoms with Gasteiger partial charge in [0.2, 0.25) is 0 Å². The zero-order valence-electron chi connectivity index (χ0n) is 11.0. The summed E-state index contributed by atoms with van der Waals surface area (Å²) in [5.74, 6) is 0.985. The highest BCUT2D eigenvalue weighted by Crippen LogP contribution is 2.25. The van der Waals surface area contributed by atoms with Crippen LogP contribution < -0.4 is 5.32 Å². The van der Waals surface area contributed by atoms with E-state index in [2.05, 4.69) is 49.3 Å². The van der Waals surface area contributed by atoms with Gasteiger partial charge in [-0.05, 0) is 38.4 Å². The Balaban J connectivity index is 2.89. The average molecular weight is 221 g/mol. The van der Waals surface area contributed by atoms with Gasteiger partial charge >= 0.3 is 0 Å². The molecule has 3 heteroatoms. The van der Waals surface area contributed by atoms with Crippen molar-refractivity contribution < 1.29 is 0 Å². The third-order valence-corrected chi connectivity index (χ3v) is 2.94. The monoisotopic (exact) mass is 221 g/mol. The van der Waals surface area contributed by atoms with Gasteiger partial charge in [-0.3, -0.25) is 0 Å². The van der Waals surface area contributed by atoms with E-state index >= 15 is 0 Å². The lowest BCUT2D eigenvalue weighted by Crippen LogP contribution is -2.35. The molecule has 0 aliphatic carbocycles. The Bertz CT molecular complexity index is 305. The van der Waals surface area contributed by atoms with Crippen molar-refractivity contribution in [3.05, 3.63) is 23.5 Å². The molecule has 3 nitrogen and oxygen atoms in total. The van der Waals surface area contributed by atoms with Gasteiger partial charge in [0.25, 0.3) is 0 Å². The SMILES string of the molecule is CCNC(C)C(c1ccc(C)nn1)C(C)C. The molecular formula is C13H23N3. The fourth-order valence-corrected chi connectivity index (χ4v) is 2.21. The lowest BCUT2D eigenvalue weighted by molar-refractivity contribution is 0.373. The van der Waals surface area contributed by atoms with Gasteiger partial charge in [-0.25, -0.2) is 0 Å². The van der Waals surface area contributed by atoms with E-state index in [4.69, 9.17) is 0 Å². The van der Waals surface area contributed by atoms with Gasteiger partial charge in [0.1, 0.15) is 0 Å². The molecule has 0 aliphatic heterocycles. The van der Waals surface area contributed by atoms with Crippen molar-refractivity contribution in [1.82, 2.24) is 15.5 Å². The van der Waals surface area contributed by atoms with Crippen molar-refractivity contribution in [2.45, 2.75) is 46.6 Å². The summed E-state index contributed by atoms with van der Waals surface area (Å²) >= 11 is 0. The smallest absolute Gasteiger partial charge is 0.0680 e. The second-order valence-electron chi connectivity index (χ2n) is 4.72. The molecule has 0 bridgehead atoms. The average Bonchev–Trinajstić information content (AvgIpc) is 2.21. The molecule has 1 rings (SSSR count). The topological polar surface area (TPSA) is 37.8 Å².